The molecule has 23 heavy (non-hydrogen) atoms. The molecular weight excluding hydrogens is 292 g/mol. The first-order valence-electron chi connectivity index (χ1n) is 7.87. The third-order valence-electron chi connectivity index (χ3n) is 4.00. The number of nitrogens with one attached hydrogen (secondary N) is 1. The van der Waals surface area contributed by atoms with E-state index in [2.05, 4.69) is 51.5 Å². The highest BCUT2D eigenvalue weighted by Gasteiger charge is 2.19. The number of anilines is 2. The van der Waals surface area contributed by atoms with E-state index in [1.807, 2.05) is 0 Å². The lowest BCUT2D eigenvalue weighted by Gasteiger charge is -2.35. The Morgan fingerprint density at radius 3 is 2.65 bits per heavy atom. The van der Waals surface area contributed by atoms with Crippen molar-refractivity contribution in [1.29, 1.82) is 0 Å². The van der Waals surface area contributed by atoms with Crippen LogP contribution in [0.3, 0.4) is 0 Å². The van der Waals surface area contributed by atoms with E-state index < -0.39 is 0 Å². The number of nitrogens with zero attached hydrogens (tertiary/aromatic N) is 3. The minimum absolute atomic E-state index is 0.0534. The number of hydrogen-bond acceptors (Lipinski definition) is 5. The van der Waals surface area contributed by atoms with Gasteiger partial charge in [0, 0.05) is 37.9 Å². The molecule has 6 nitrogen and oxygen atoms in total. The maximum Gasteiger partial charge on any atom is 0.239 e. The third kappa shape index (κ3) is 4.10. The van der Waals surface area contributed by atoms with Gasteiger partial charge in [-0.1, -0.05) is 17.3 Å². The van der Waals surface area contributed by atoms with Gasteiger partial charge < -0.3 is 14.7 Å². The van der Waals surface area contributed by atoms with Crippen LogP contribution in [0.4, 0.5) is 11.5 Å². The van der Waals surface area contributed by atoms with Gasteiger partial charge in [-0.15, -0.1) is 0 Å². The smallest absolute Gasteiger partial charge is 0.239 e. The largest absolute Gasteiger partial charge is 0.369 e. The molecule has 1 aromatic heterocycles. The number of piperazine rings is 1. The van der Waals surface area contributed by atoms with Crippen LogP contribution in [-0.4, -0.2) is 48.7 Å². The van der Waals surface area contributed by atoms with Gasteiger partial charge >= 0.3 is 0 Å². The molecule has 0 aliphatic carbocycles. The monoisotopic (exact) mass is 314 g/mol. The average molecular weight is 314 g/mol. The Bertz CT molecular complexity index is 675. The number of carbonyl (C=O) groups is 1. The van der Waals surface area contributed by atoms with Crippen LogP contribution < -0.4 is 10.2 Å². The van der Waals surface area contributed by atoms with Crippen molar-refractivity contribution in [2.24, 2.45) is 0 Å². The Morgan fingerprint density at radius 1 is 1.22 bits per heavy atom. The summed E-state index contributed by atoms with van der Waals surface area (Å²) >= 11 is 0. The molecule has 1 aliphatic heterocycles. The molecular formula is C17H22N4O2. The van der Waals surface area contributed by atoms with Gasteiger partial charge in [-0.3, -0.25) is 9.69 Å². The molecule has 1 aromatic carbocycles. The van der Waals surface area contributed by atoms with Gasteiger partial charge in [0.1, 0.15) is 5.76 Å². The Hall–Kier alpha value is -2.34. The molecule has 1 saturated heterocycles. The highest BCUT2D eigenvalue weighted by atomic mass is 16.5. The Kier molecular flexibility index (Phi) is 4.62. The molecule has 2 heterocycles. The van der Waals surface area contributed by atoms with E-state index in [0.29, 0.717) is 18.1 Å². The summed E-state index contributed by atoms with van der Waals surface area (Å²) in [5.74, 6) is 1.11. The maximum absolute atomic E-state index is 12.0. The van der Waals surface area contributed by atoms with Crippen LogP contribution in [0.5, 0.6) is 0 Å². The minimum Gasteiger partial charge on any atom is -0.369 e. The van der Waals surface area contributed by atoms with Crippen molar-refractivity contribution in [3.8, 4) is 0 Å². The van der Waals surface area contributed by atoms with Crippen LogP contribution in [0, 0.1) is 13.8 Å². The number of aryl methyl sites for hydroxylation is 2. The van der Waals surface area contributed by atoms with Crippen LogP contribution in [0.1, 0.15) is 11.3 Å². The summed E-state index contributed by atoms with van der Waals surface area (Å²) in [7, 11) is 0. The lowest BCUT2D eigenvalue weighted by Crippen LogP contribution is -2.48. The first kappa shape index (κ1) is 15.6. The molecule has 6 heteroatoms. The van der Waals surface area contributed by atoms with Crippen LogP contribution in [0.25, 0.3) is 0 Å². The average Bonchev–Trinajstić information content (AvgIpc) is 2.93. The highest BCUT2D eigenvalue weighted by Crippen LogP contribution is 2.17. The van der Waals surface area contributed by atoms with E-state index in [0.717, 1.165) is 26.2 Å². The molecule has 1 amide bonds. The molecule has 3 rings (SSSR count). The summed E-state index contributed by atoms with van der Waals surface area (Å²) < 4.78 is 4.94. The molecule has 0 spiro atoms. The number of amides is 1. The fourth-order valence-electron chi connectivity index (χ4n) is 2.80. The number of benzene rings is 1. The Labute approximate surface area is 136 Å². The molecule has 1 fully saturated rings. The van der Waals surface area contributed by atoms with E-state index in [9.17, 15) is 4.79 Å². The van der Waals surface area contributed by atoms with Crippen molar-refractivity contribution >= 4 is 17.4 Å². The van der Waals surface area contributed by atoms with Crippen molar-refractivity contribution in [1.82, 2.24) is 10.1 Å². The Balaban J connectivity index is 1.48. The first-order valence-corrected chi connectivity index (χ1v) is 7.87. The second-order valence-electron chi connectivity index (χ2n) is 5.97. The molecule has 0 radical (unpaired) electrons. The van der Waals surface area contributed by atoms with Gasteiger partial charge in [-0.05, 0) is 31.5 Å². The van der Waals surface area contributed by atoms with Crippen molar-refractivity contribution < 1.29 is 9.32 Å². The zero-order chi connectivity index (χ0) is 16.2. The van der Waals surface area contributed by atoms with Crippen molar-refractivity contribution in [2.75, 3.05) is 42.9 Å². The van der Waals surface area contributed by atoms with Crippen molar-refractivity contribution in [2.45, 2.75) is 13.8 Å². The summed E-state index contributed by atoms with van der Waals surface area (Å²) in [4.78, 5) is 16.6. The van der Waals surface area contributed by atoms with E-state index in [-0.39, 0.29) is 5.91 Å². The molecule has 122 valence electrons. The molecule has 1 aliphatic rings. The van der Waals surface area contributed by atoms with E-state index in [1.54, 1.807) is 13.0 Å². The van der Waals surface area contributed by atoms with Crippen LogP contribution in [-0.2, 0) is 4.79 Å². The standard InChI is InChI=1S/C17H22N4O2/c1-13-4-3-5-15(10-13)21-8-6-20(7-9-21)12-17(22)18-16-11-14(2)23-19-16/h3-5,10-11H,6-9,12H2,1-2H3,(H,18,19,22). The van der Waals surface area contributed by atoms with Gasteiger partial charge in [0.05, 0.1) is 6.54 Å². The molecule has 0 unspecified atom stereocenters. The number of carbonyl (C=O) groups excluding carboxylic acids is 1. The zero-order valence-electron chi connectivity index (χ0n) is 13.6. The van der Waals surface area contributed by atoms with Gasteiger partial charge in [0.2, 0.25) is 5.91 Å². The topological polar surface area (TPSA) is 61.6 Å². The molecule has 0 atom stereocenters. The summed E-state index contributed by atoms with van der Waals surface area (Å²) in [5, 5.41) is 6.54. The molecule has 2 aromatic rings. The number of rotatable bonds is 4. The fraction of sp³-hybridized carbons (Fsp3) is 0.412. The Morgan fingerprint density at radius 2 is 2.00 bits per heavy atom. The lowest BCUT2D eigenvalue weighted by atomic mass is 10.2. The quantitative estimate of drug-likeness (QED) is 0.936. The van der Waals surface area contributed by atoms with Gasteiger partial charge in [0.25, 0.3) is 0 Å². The summed E-state index contributed by atoms with van der Waals surface area (Å²) in [6.45, 7) is 7.90. The van der Waals surface area contributed by atoms with Gasteiger partial charge in [0.15, 0.2) is 5.82 Å². The first-order chi connectivity index (χ1) is 11.1. The summed E-state index contributed by atoms with van der Waals surface area (Å²) in [5.41, 5.74) is 2.53. The minimum atomic E-state index is -0.0534. The molecule has 0 saturated carbocycles. The number of aromatic nitrogens is 1. The SMILES string of the molecule is Cc1cccc(N2CCN(CC(=O)Nc3cc(C)on3)CC2)c1. The fourth-order valence-corrected chi connectivity index (χ4v) is 2.80. The van der Waals surface area contributed by atoms with Crippen LogP contribution >= 0.6 is 0 Å². The van der Waals surface area contributed by atoms with Crippen molar-refractivity contribution in [3.63, 3.8) is 0 Å². The van der Waals surface area contributed by atoms with Gasteiger partial charge in [-0.25, -0.2) is 0 Å². The predicted molar refractivity (Wildman–Crippen MR) is 89.7 cm³/mol. The predicted octanol–water partition coefficient (Wildman–Crippen LogP) is 2.05. The molecule has 0 bridgehead atoms. The van der Waals surface area contributed by atoms with Crippen molar-refractivity contribution in [3.05, 3.63) is 41.7 Å². The second-order valence-corrected chi connectivity index (χ2v) is 5.97. The van der Waals surface area contributed by atoms with Crippen LogP contribution in [0.2, 0.25) is 0 Å². The van der Waals surface area contributed by atoms with Gasteiger partial charge in [-0.2, -0.15) is 0 Å². The molecule has 1 N–H and O–H groups in total. The zero-order valence-corrected chi connectivity index (χ0v) is 13.6. The van der Waals surface area contributed by atoms with E-state index in [4.69, 9.17) is 4.52 Å². The van der Waals surface area contributed by atoms with Crippen LogP contribution in [0.15, 0.2) is 34.9 Å². The second kappa shape index (κ2) is 6.83. The summed E-state index contributed by atoms with van der Waals surface area (Å²) in [6, 6.07) is 10.3. The maximum atomic E-state index is 12.0. The number of hydrogen-bond donors (Lipinski definition) is 1. The normalized spacial score (nSPS) is 15.7. The third-order valence-corrected chi connectivity index (χ3v) is 4.00. The van der Waals surface area contributed by atoms with E-state index in [1.165, 1.54) is 11.3 Å². The van der Waals surface area contributed by atoms with E-state index >= 15 is 0 Å². The lowest BCUT2D eigenvalue weighted by molar-refractivity contribution is -0.117. The highest BCUT2D eigenvalue weighted by molar-refractivity contribution is 5.91. The summed E-state index contributed by atoms with van der Waals surface area (Å²) in [6.07, 6.45) is 0.